The topological polar surface area (TPSA) is 78.9 Å². The first kappa shape index (κ1) is 63.4. The van der Waals surface area contributed by atoms with Crippen molar-refractivity contribution >= 4 is 17.9 Å². The molecule has 0 saturated heterocycles. The molecule has 0 N–H and O–H groups in total. The first-order valence-corrected chi connectivity index (χ1v) is 29.2. The van der Waals surface area contributed by atoms with E-state index in [2.05, 4.69) is 34.6 Å². The van der Waals surface area contributed by atoms with Crippen molar-refractivity contribution in [2.75, 3.05) is 13.2 Å². The Morgan fingerprint density at radius 2 is 0.508 bits per heavy atom. The van der Waals surface area contributed by atoms with Crippen LogP contribution in [-0.4, -0.2) is 37.2 Å². The third-order valence-corrected chi connectivity index (χ3v) is 13.5. The predicted octanol–water partition coefficient (Wildman–Crippen LogP) is 19.3. The molecule has 0 radical (unpaired) electrons. The van der Waals surface area contributed by atoms with Gasteiger partial charge in [0.05, 0.1) is 0 Å². The fourth-order valence-electron chi connectivity index (χ4n) is 9.05. The summed E-state index contributed by atoms with van der Waals surface area (Å²) in [5.74, 6) is 0.825. The normalized spacial score (nSPS) is 12.0. The van der Waals surface area contributed by atoms with Crippen LogP contribution >= 0.6 is 0 Å². The van der Waals surface area contributed by atoms with Crippen LogP contribution in [-0.2, 0) is 28.6 Å². The van der Waals surface area contributed by atoms with Gasteiger partial charge in [0, 0.05) is 19.3 Å². The molecule has 0 aromatic carbocycles. The summed E-state index contributed by atoms with van der Waals surface area (Å²) in [6.45, 7) is 11.4. The maximum atomic E-state index is 12.8. The number of esters is 3. The fraction of sp³-hybridized carbons (Fsp3) is 0.949. The minimum absolute atomic E-state index is 0.0629. The molecule has 0 unspecified atom stereocenters. The third kappa shape index (κ3) is 53.2. The van der Waals surface area contributed by atoms with E-state index in [1.165, 1.54) is 218 Å². The van der Waals surface area contributed by atoms with E-state index >= 15 is 0 Å². The maximum absolute atomic E-state index is 12.8. The quantitative estimate of drug-likeness (QED) is 0.0344. The number of carbonyl (C=O) groups excluding carboxylic acids is 3. The molecule has 0 aliphatic rings. The Hall–Kier alpha value is -1.59. The molecule has 65 heavy (non-hydrogen) atoms. The van der Waals surface area contributed by atoms with Crippen LogP contribution < -0.4 is 0 Å². The molecule has 6 heteroatoms. The minimum Gasteiger partial charge on any atom is -0.462 e. The zero-order chi connectivity index (χ0) is 47.5. The van der Waals surface area contributed by atoms with Gasteiger partial charge in [-0.2, -0.15) is 0 Å². The largest absolute Gasteiger partial charge is 0.462 e. The zero-order valence-corrected chi connectivity index (χ0v) is 44.6. The van der Waals surface area contributed by atoms with Crippen LogP contribution in [0, 0.1) is 11.8 Å². The Labute approximate surface area is 406 Å². The Morgan fingerprint density at radius 1 is 0.292 bits per heavy atom. The number of hydrogen-bond donors (Lipinski definition) is 0. The summed E-state index contributed by atoms with van der Waals surface area (Å²) in [5.41, 5.74) is 0. The van der Waals surface area contributed by atoms with Crippen molar-refractivity contribution in [2.24, 2.45) is 11.8 Å². The van der Waals surface area contributed by atoms with E-state index in [0.29, 0.717) is 19.3 Å². The van der Waals surface area contributed by atoms with E-state index in [4.69, 9.17) is 14.2 Å². The van der Waals surface area contributed by atoms with Crippen molar-refractivity contribution in [3.8, 4) is 0 Å². The molecule has 0 saturated carbocycles. The van der Waals surface area contributed by atoms with Crippen LogP contribution in [0.1, 0.15) is 330 Å². The van der Waals surface area contributed by atoms with Gasteiger partial charge in [-0.25, -0.2) is 0 Å². The molecule has 0 bridgehead atoms. The number of hydrogen-bond acceptors (Lipinski definition) is 6. The first-order valence-electron chi connectivity index (χ1n) is 29.2. The van der Waals surface area contributed by atoms with Crippen molar-refractivity contribution in [2.45, 2.75) is 336 Å². The van der Waals surface area contributed by atoms with E-state index in [1.54, 1.807) is 0 Å². The molecule has 0 fully saturated rings. The van der Waals surface area contributed by atoms with Crippen LogP contribution in [0.25, 0.3) is 0 Å². The van der Waals surface area contributed by atoms with Gasteiger partial charge >= 0.3 is 17.9 Å². The summed E-state index contributed by atoms with van der Waals surface area (Å²) < 4.78 is 16.9. The van der Waals surface area contributed by atoms with Crippen molar-refractivity contribution in [3.05, 3.63) is 0 Å². The number of carbonyl (C=O) groups is 3. The summed E-state index contributed by atoms with van der Waals surface area (Å²) in [4.78, 5) is 38.1. The zero-order valence-electron chi connectivity index (χ0n) is 44.6. The summed E-state index contributed by atoms with van der Waals surface area (Å²) in [7, 11) is 0. The number of ether oxygens (including phenoxy) is 3. The van der Waals surface area contributed by atoms with Crippen molar-refractivity contribution in [3.63, 3.8) is 0 Å². The molecular weight excluding hydrogens is 805 g/mol. The smallest absolute Gasteiger partial charge is 0.306 e. The Balaban J connectivity index is 4.22. The molecule has 0 heterocycles. The monoisotopic (exact) mass is 919 g/mol. The molecule has 0 aliphatic carbocycles. The van der Waals surface area contributed by atoms with E-state index in [-0.39, 0.29) is 31.1 Å². The number of unbranched alkanes of at least 4 members (excludes halogenated alkanes) is 38. The highest BCUT2D eigenvalue weighted by atomic mass is 16.6. The van der Waals surface area contributed by atoms with Gasteiger partial charge in [-0.05, 0) is 31.1 Å². The van der Waals surface area contributed by atoms with Crippen LogP contribution in [0.5, 0.6) is 0 Å². The average molecular weight is 920 g/mol. The number of rotatable bonds is 53. The molecular formula is C59H114O6. The summed E-state index contributed by atoms with van der Waals surface area (Å²) in [5, 5.41) is 0. The van der Waals surface area contributed by atoms with Gasteiger partial charge in [-0.1, -0.05) is 291 Å². The van der Waals surface area contributed by atoms with Gasteiger partial charge in [0.1, 0.15) is 13.2 Å². The standard InChI is InChI=1S/C59H114O6/c1-6-7-8-9-10-11-12-13-21-24-29-34-39-44-49-57(60)63-52-56(65-59(62)51-46-41-36-31-26-28-33-38-43-48-55(4)5)53-64-58(61)50-45-40-35-30-25-22-19-17-15-14-16-18-20-23-27-32-37-42-47-54(2)3/h54-56H,6-53H2,1-5H3/t56-/m1/s1. The molecule has 1 atom stereocenters. The lowest BCUT2D eigenvalue weighted by molar-refractivity contribution is -0.167. The van der Waals surface area contributed by atoms with E-state index in [0.717, 1.165) is 69.6 Å². The molecule has 6 nitrogen and oxygen atoms in total. The lowest BCUT2D eigenvalue weighted by atomic mass is 10.0. The summed E-state index contributed by atoms with van der Waals surface area (Å²) in [6, 6.07) is 0. The van der Waals surface area contributed by atoms with Gasteiger partial charge in [0.15, 0.2) is 6.10 Å². The van der Waals surface area contributed by atoms with Gasteiger partial charge < -0.3 is 14.2 Å². The van der Waals surface area contributed by atoms with Gasteiger partial charge in [0.25, 0.3) is 0 Å². The molecule has 0 rings (SSSR count). The summed E-state index contributed by atoms with van der Waals surface area (Å²) >= 11 is 0. The Bertz CT molecular complexity index is 993. The highest BCUT2D eigenvalue weighted by molar-refractivity contribution is 5.71. The second-order valence-electron chi connectivity index (χ2n) is 21.2. The van der Waals surface area contributed by atoms with Crippen molar-refractivity contribution < 1.29 is 28.6 Å². The van der Waals surface area contributed by atoms with E-state index in [1.807, 2.05) is 0 Å². The van der Waals surface area contributed by atoms with Crippen molar-refractivity contribution in [1.82, 2.24) is 0 Å². The lowest BCUT2D eigenvalue weighted by Crippen LogP contribution is -2.30. The average Bonchev–Trinajstić information content (AvgIpc) is 3.28. The van der Waals surface area contributed by atoms with Gasteiger partial charge in [-0.3, -0.25) is 14.4 Å². The fourth-order valence-corrected chi connectivity index (χ4v) is 9.05. The predicted molar refractivity (Wildman–Crippen MR) is 280 cm³/mol. The van der Waals surface area contributed by atoms with Crippen molar-refractivity contribution in [1.29, 1.82) is 0 Å². The summed E-state index contributed by atoms with van der Waals surface area (Å²) in [6.07, 6.45) is 55.3. The Morgan fingerprint density at radius 3 is 0.754 bits per heavy atom. The third-order valence-electron chi connectivity index (χ3n) is 13.5. The SMILES string of the molecule is CCCCCCCCCCCCCCCCC(=O)OC[C@H](COC(=O)CCCCCCCCCCCCCCCCCCCCC(C)C)OC(=O)CCCCCCCCCCCC(C)C. The van der Waals surface area contributed by atoms with E-state index in [9.17, 15) is 14.4 Å². The van der Waals surface area contributed by atoms with Crippen LogP contribution in [0.3, 0.4) is 0 Å². The minimum atomic E-state index is -0.762. The molecule has 0 aliphatic heterocycles. The van der Waals surface area contributed by atoms with Crippen LogP contribution in [0.15, 0.2) is 0 Å². The lowest BCUT2D eigenvalue weighted by Gasteiger charge is -2.18. The molecule has 0 aromatic rings. The van der Waals surface area contributed by atoms with Gasteiger partial charge in [0.2, 0.25) is 0 Å². The highest BCUT2D eigenvalue weighted by Gasteiger charge is 2.19. The highest BCUT2D eigenvalue weighted by Crippen LogP contribution is 2.18. The van der Waals surface area contributed by atoms with E-state index < -0.39 is 6.10 Å². The molecule has 0 aromatic heterocycles. The van der Waals surface area contributed by atoms with Crippen LogP contribution in [0.2, 0.25) is 0 Å². The Kier molecular flexibility index (Phi) is 50.5. The van der Waals surface area contributed by atoms with Gasteiger partial charge in [-0.15, -0.1) is 0 Å². The molecule has 0 spiro atoms. The second-order valence-corrected chi connectivity index (χ2v) is 21.2. The molecule has 386 valence electrons. The van der Waals surface area contributed by atoms with Crippen LogP contribution in [0.4, 0.5) is 0 Å². The first-order chi connectivity index (χ1) is 31.7. The maximum Gasteiger partial charge on any atom is 0.306 e. The molecule has 0 amide bonds. The second kappa shape index (κ2) is 51.8.